The van der Waals surface area contributed by atoms with Gasteiger partial charge in [-0.1, -0.05) is 0 Å². The van der Waals surface area contributed by atoms with Crippen molar-refractivity contribution < 1.29 is 28.5 Å². The van der Waals surface area contributed by atoms with Crippen molar-refractivity contribution in [3.63, 3.8) is 0 Å². The zero-order valence-electron chi connectivity index (χ0n) is 22.1. The summed E-state index contributed by atoms with van der Waals surface area (Å²) in [6.45, 7) is 0.327. The summed E-state index contributed by atoms with van der Waals surface area (Å²) >= 11 is 0. The van der Waals surface area contributed by atoms with Crippen molar-refractivity contribution in [1.29, 1.82) is 0 Å². The predicted molar refractivity (Wildman–Crippen MR) is 142 cm³/mol. The third kappa shape index (κ3) is 4.70. The van der Waals surface area contributed by atoms with Crippen molar-refractivity contribution in [2.24, 2.45) is 7.05 Å². The Hall–Kier alpha value is -4.67. The molecule has 2 aromatic carbocycles. The highest BCUT2D eigenvalue weighted by atomic mass is 16.5. The first-order valence-electron chi connectivity index (χ1n) is 11.7. The largest absolute Gasteiger partial charge is 0.493 e. The highest BCUT2D eigenvalue weighted by Gasteiger charge is 2.25. The number of rotatable bonds is 10. The van der Waals surface area contributed by atoms with Crippen LogP contribution in [0.25, 0.3) is 21.9 Å². The minimum atomic E-state index is -0.426. The summed E-state index contributed by atoms with van der Waals surface area (Å²) in [4.78, 5) is 34.2. The molecule has 4 rings (SSSR count). The lowest BCUT2D eigenvalue weighted by Crippen LogP contribution is -2.33. The zero-order valence-corrected chi connectivity index (χ0v) is 22.1. The molecule has 0 aliphatic heterocycles. The van der Waals surface area contributed by atoms with Gasteiger partial charge in [0.05, 0.1) is 47.3 Å². The van der Waals surface area contributed by atoms with Crippen LogP contribution in [0.15, 0.2) is 41.6 Å². The van der Waals surface area contributed by atoms with E-state index in [2.05, 4.69) is 15.3 Å². The maximum atomic E-state index is 13.7. The molecule has 1 amide bonds. The van der Waals surface area contributed by atoms with Gasteiger partial charge >= 0.3 is 0 Å². The van der Waals surface area contributed by atoms with Gasteiger partial charge in [0.1, 0.15) is 5.69 Å². The van der Waals surface area contributed by atoms with E-state index in [0.717, 1.165) is 5.69 Å². The van der Waals surface area contributed by atoms with Crippen molar-refractivity contribution in [2.45, 2.75) is 6.42 Å². The standard InChI is InChI=1S/C27H30N4O7/c1-31-24(26(32)29-8-7-16-13-28-14-30-16)23(15-9-21(36-4)25(38-6)22(10-15)37-5)17-11-19(34-2)20(35-3)12-18(17)27(31)33/h9-14H,7-8H2,1-6H3,(H,28,30)(H,29,32). The van der Waals surface area contributed by atoms with Gasteiger partial charge in [0.25, 0.3) is 11.5 Å². The number of nitrogens with one attached hydrogen (secondary N) is 2. The van der Waals surface area contributed by atoms with Crippen molar-refractivity contribution in [3.05, 3.63) is 58.5 Å². The lowest BCUT2D eigenvalue weighted by molar-refractivity contribution is 0.0945. The number of nitrogens with zero attached hydrogens (tertiary/aromatic N) is 2. The fourth-order valence-electron chi connectivity index (χ4n) is 4.44. The molecule has 4 aromatic rings. The third-order valence-electron chi connectivity index (χ3n) is 6.30. The molecule has 0 saturated heterocycles. The highest BCUT2D eigenvalue weighted by Crippen LogP contribution is 2.44. The zero-order chi connectivity index (χ0) is 27.4. The maximum absolute atomic E-state index is 13.7. The number of amides is 1. The summed E-state index contributed by atoms with van der Waals surface area (Å²) in [5.41, 5.74) is 1.73. The van der Waals surface area contributed by atoms with Gasteiger partial charge in [0, 0.05) is 42.9 Å². The predicted octanol–water partition coefficient (Wildman–Crippen LogP) is 2.94. The monoisotopic (exact) mass is 522 g/mol. The first-order valence-corrected chi connectivity index (χ1v) is 11.7. The Morgan fingerprint density at radius 2 is 1.50 bits per heavy atom. The Kier molecular flexibility index (Phi) is 7.75. The number of carbonyl (C=O) groups excluding carboxylic acids is 1. The number of methoxy groups -OCH3 is 5. The number of aromatic amines is 1. The number of aromatic nitrogens is 3. The Morgan fingerprint density at radius 3 is 2.03 bits per heavy atom. The van der Waals surface area contributed by atoms with Crippen LogP contribution >= 0.6 is 0 Å². The summed E-state index contributed by atoms with van der Waals surface area (Å²) in [5.74, 6) is 1.57. The van der Waals surface area contributed by atoms with Crippen molar-refractivity contribution >= 4 is 16.7 Å². The fourth-order valence-corrected chi connectivity index (χ4v) is 4.44. The summed E-state index contributed by atoms with van der Waals surface area (Å²) < 4.78 is 28.9. The Balaban J connectivity index is 2.00. The Morgan fingerprint density at radius 1 is 0.895 bits per heavy atom. The minimum absolute atomic E-state index is 0.161. The van der Waals surface area contributed by atoms with Crippen LogP contribution in [0.1, 0.15) is 16.2 Å². The molecule has 38 heavy (non-hydrogen) atoms. The summed E-state index contributed by atoms with van der Waals surface area (Å²) in [5, 5.41) is 3.77. The molecular weight excluding hydrogens is 492 g/mol. The molecule has 2 aromatic heterocycles. The quantitative estimate of drug-likeness (QED) is 0.326. The van der Waals surface area contributed by atoms with Crippen molar-refractivity contribution in [1.82, 2.24) is 19.9 Å². The average Bonchev–Trinajstić information content (AvgIpc) is 3.46. The van der Waals surface area contributed by atoms with Gasteiger partial charge in [-0.3, -0.25) is 9.59 Å². The number of H-pyrrole nitrogens is 1. The Bertz CT molecular complexity index is 1500. The van der Waals surface area contributed by atoms with Crippen LogP contribution in [0, 0.1) is 0 Å². The molecule has 200 valence electrons. The molecule has 0 saturated carbocycles. The number of imidazole rings is 1. The van der Waals surface area contributed by atoms with Crippen LogP contribution in [0.4, 0.5) is 0 Å². The fraction of sp³-hybridized carbons (Fsp3) is 0.296. The molecule has 2 N–H and O–H groups in total. The van der Waals surface area contributed by atoms with E-state index in [0.29, 0.717) is 63.6 Å². The van der Waals surface area contributed by atoms with Gasteiger partial charge in [0.15, 0.2) is 23.0 Å². The van der Waals surface area contributed by atoms with E-state index < -0.39 is 5.91 Å². The second-order valence-corrected chi connectivity index (χ2v) is 8.34. The van der Waals surface area contributed by atoms with E-state index in [1.807, 2.05) is 0 Å². The molecule has 0 aliphatic carbocycles. The Labute approximate surface area is 219 Å². The van der Waals surface area contributed by atoms with Gasteiger partial charge in [-0.2, -0.15) is 0 Å². The maximum Gasteiger partial charge on any atom is 0.268 e. The van der Waals surface area contributed by atoms with E-state index >= 15 is 0 Å². The molecule has 11 heteroatoms. The first kappa shape index (κ1) is 26.4. The van der Waals surface area contributed by atoms with Crippen LogP contribution in [0.5, 0.6) is 28.7 Å². The van der Waals surface area contributed by atoms with Crippen LogP contribution < -0.4 is 34.6 Å². The van der Waals surface area contributed by atoms with Gasteiger partial charge in [0.2, 0.25) is 5.75 Å². The van der Waals surface area contributed by atoms with Gasteiger partial charge in [-0.15, -0.1) is 0 Å². The number of carbonyl (C=O) groups is 1. The number of fused-ring (bicyclic) bond motifs is 1. The molecule has 0 fully saturated rings. The van der Waals surface area contributed by atoms with Crippen molar-refractivity contribution in [2.75, 3.05) is 42.1 Å². The minimum Gasteiger partial charge on any atom is -0.493 e. The van der Waals surface area contributed by atoms with Gasteiger partial charge < -0.3 is 38.6 Å². The third-order valence-corrected chi connectivity index (χ3v) is 6.30. The van der Waals surface area contributed by atoms with Crippen molar-refractivity contribution in [3.8, 4) is 39.9 Å². The van der Waals surface area contributed by atoms with Crippen LogP contribution in [-0.2, 0) is 13.5 Å². The van der Waals surface area contributed by atoms with E-state index in [1.54, 1.807) is 43.8 Å². The van der Waals surface area contributed by atoms with E-state index in [9.17, 15) is 9.59 Å². The number of pyridine rings is 1. The molecule has 0 aliphatic rings. The molecule has 0 atom stereocenters. The normalized spacial score (nSPS) is 10.8. The molecule has 0 bridgehead atoms. The highest BCUT2D eigenvalue weighted by molar-refractivity contribution is 6.09. The lowest BCUT2D eigenvalue weighted by atomic mass is 9.95. The molecule has 2 heterocycles. The molecule has 0 unspecified atom stereocenters. The average molecular weight is 523 g/mol. The number of hydrogen-bond donors (Lipinski definition) is 2. The van der Waals surface area contributed by atoms with Crippen LogP contribution in [0.3, 0.4) is 0 Å². The lowest BCUT2D eigenvalue weighted by Gasteiger charge is -2.20. The number of hydrogen-bond acceptors (Lipinski definition) is 8. The van der Waals surface area contributed by atoms with Crippen LogP contribution in [-0.4, -0.2) is 62.5 Å². The first-order chi connectivity index (χ1) is 18.4. The molecule has 11 nitrogen and oxygen atoms in total. The summed E-state index contributed by atoms with van der Waals surface area (Å²) in [6, 6.07) is 6.77. The van der Waals surface area contributed by atoms with Crippen LogP contribution in [0.2, 0.25) is 0 Å². The topological polar surface area (TPSA) is 126 Å². The number of ether oxygens (including phenoxy) is 5. The van der Waals surface area contributed by atoms with E-state index in [-0.39, 0.29) is 11.3 Å². The smallest absolute Gasteiger partial charge is 0.268 e. The molecule has 0 radical (unpaired) electrons. The van der Waals surface area contributed by atoms with E-state index in [4.69, 9.17) is 23.7 Å². The summed E-state index contributed by atoms with van der Waals surface area (Å²) in [7, 11) is 9.09. The second-order valence-electron chi connectivity index (χ2n) is 8.34. The molecule has 0 spiro atoms. The SMILES string of the molecule is COc1cc2c(-c3cc(OC)c(OC)c(OC)c3)c(C(=O)NCCc3cnc[nH]3)n(C)c(=O)c2cc1OC. The number of benzene rings is 2. The van der Waals surface area contributed by atoms with Gasteiger partial charge in [-0.25, -0.2) is 4.98 Å². The summed E-state index contributed by atoms with van der Waals surface area (Å²) in [6.07, 6.45) is 3.81. The second kappa shape index (κ2) is 11.2. The molecular formula is C27H30N4O7. The van der Waals surface area contributed by atoms with E-state index in [1.165, 1.54) is 40.1 Å². The van der Waals surface area contributed by atoms with Gasteiger partial charge in [-0.05, 0) is 29.8 Å².